The van der Waals surface area contributed by atoms with Crippen molar-refractivity contribution >= 4 is 5.91 Å². The molecule has 0 bridgehead atoms. The lowest BCUT2D eigenvalue weighted by atomic mass is 10.2. The molecule has 0 radical (unpaired) electrons. The van der Waals surface area contributed by atoms with Gasteiger partial charge in [-0.1, -0.05) is 11.8 Å². The number of carbonyl (C=O) groups is 1. The number of pyridine rings is 1. The van der Waals surface area contributed by atoms with Crippen molar-refractivity contribution in [2.24, 2.45) is 7.05 Å². The number of rotatable bonds is 4. The fraction of sp³-hybridized carbons (Fsp3) is 0.267. The molecule has 0 atom stereocenters. The van der Waals surface area contributed by atoms with Crippen LogP contribution in [0.4, 0.5) is 0 Å². The normalized spacial score (nSPS) is 9.81. The summed E-state index contributed by atoms with van der Waals surface area (Å²) in [5, 5.41) is 15.7. The van der Waals surface area contributed by atoms with Gasteiger partial charge in [-0.05, 0) is 12.1 Å². The molecule has 0 aromatic carbocycles. The number of aryl methyl sites for hydroxylation is 1. The molecule has 0 spiro atoms. The van der Waals surface area contributed by atoms with E-state index in [9.17, 15) is 4.79 Å². The molecule has 6 nitrogen and oxygen atoms in total. The fourth-order valence-corrected chi connectivity index (χ4v) is 1.78. The van der Waals surface area contributed by atoms with Gasteiger partial charge in [0.05, 0.1) is 11.3 Å². The molecule has 0 aliphatic rings. The molecule has 2 N–H and O–H groups in total. The molecule has 0 fully saturated rings. The molecule has 0 aliphatic heterocycles. The van der Waals surface area contributed by atoms with Crippen LogP contribution in [0.5, 0.6) is 0 Å². The summed E-state index contributed by atoms with van der Waals surface area (Å²) in [5.74, 6) is 5.04. The standard InChI is InChI=1S/C15H16N4O2/c1-19-7-5-14(18-19)4-6-17-15(21)13-9-12(3-2-8-20)10-16-11-13/h5,7,9-11,20H,4,6,8H2,1H3,(H,17,21). The largest absolute Gasteiger partial charge is 0.384 e. The number of aliphatic hydroxyl groups excluding tert-OH is 1. The number of aromatic nitrogens is 3. The summed E-state index contributed by atoms with van der Waals surface area (Å²) >= 11 is 0. The monoisotopic (exact) mass is 284 g/mol. The van der Waals surface area contributed by atoms with E-state index in [0.717, 1.165) is 5.69 Å². The molecule has 2 rings (SSSR count). The molecular formula is C15H16N4O2. The van der Waals surface area contributed by atoms with E-state index in [1.54, 1.807) is 16.9 Å². The average Bonchev–Trinajstić information content (AvgIpc) is 2.91. The van der Waals surface area contributed by atoms with E-state index >= 15 is 0 Å². The quantitative estimate of drug-likeness (QED) is 0.782. The Labute approximate surface area is 122 Å². The first-order valence-electron chi connectivity index (χ1n) is 6.50. The zero-order valence-electron chi connectivity index (χ0n) is 11.7. The molecule has 2 aromatic heterocycles. The van der Waals surface area contributed by atoms with Gasteiger partial charge >= 0.3 is 0 Å². The van der Waals surface area contributed by atoms with E-state index < -0.39 is 0 Å². The summed E-state index contributed by atoms with van der Waals surface area (Å²) in [6, 6.07) is 3.56. The SMILES string of the molecule is Cn1ccc(CCNC(=O)c2cncc(C#CCO)c2)n1. The molecule has 108 valence electrons. The van der Waals surface area contributed by atoms with E-state index in [1.807, 2.05) is 19.3 Å². The van der Waals surface area contributed by atoms with Crippen molar-refractivity contribution in [1.82, 2.24) is 20.1 Å². The Morgan fingerprint density at radius 3 is 3.05 bits per heavy atom. The van der Waals surface area contributed by atoms with E-state index in [2.05, 4.69) is 27.2 Å². The molecule has 2 aromatic rings. The van der Waals surface area contributed by atoms with Crippen LogP contribution in [-0.4, -0.2) is 38.9 Å². The highest BCUT2D eigenvalue weighted by Crippen LogP contribution is 2.02. The van der Waals surface area contributed by atoms with Crippen LogP contribution >= 0.6 is 0 Å². The predicted octanol–water partition coefficient (Wildman–Crippen LogP) is 0.131. The zero-order chi connectivity index (χ0) is 15.1. The average molecular weight is 284 g/mol. The number of carbonyl (C=O) groups excluding carboxylic acids is 1. The number of nitrogens with one attached hydrogen (secondary N) is 1. The number of nitrogens with zero attached hydrogens (tertiary/aromatic N) is 3. The summed E-state index contributed by atoms with van der Waals surface area (Å²) in [6.45, 7) is 0.281. The molecule has 0 unspecified atom stereocenters. The smallest absolute Gasteiger partial charge is 0.252 e. The third kappa shape index (κ3) is 4.44. The van der Waals surface area contributed by atoms with Gasteiger partial charge < -0.3 is 10.4 Å². The molecule has 1 amide bonds. The van der Waals surface area contributed by atoms with Gasteiger partial charge in [0.25, 0.3) is 5.91 Å². The maximum atomic E-state index is 12.0. The van der Waals surface area contributed by atoms with Gasteiger partial charge in [-0.25, -0.2) is 0 Å². The first-order valence-corrected chi connectivity index (χ1v) is 6.50. The minimum atomic E-state index is -0.222. The Bertz CT molecular complexity index is 682. The minimum Gasteiger partial charge on any atom is -0.384 e. The first-order chi connectivity index (χ1) is 10.2. The van der Waals surface area contributed by atoms with Crippen LogP contribution < -0.4 is 5.32 Å². The van der Waals surface area contributed by atoms with E-state index in [4.69, 9.17) is 5.11 Å². The van der Waals surface area contributed by atoms with Gasteiger partial charge in [-0.2, -0.15) is 5.10 Å². The van der Waals surface area contributed by atoms with Crippen LogP contribution in [0.15, 0.2) is 30.7 Å². The molecule has 6 heteroatoms. The summed E-state index contributed by atoms with van der Waals surface area (Å²) in [5.41, 5.74) is 1.97. The number of aliphatic hydroxyl groups is 1. The summed E-state index contributed by atoms with van der Waals surface area (Å²) in [4.78, 5) is 16.0. The maximum absolute atomic E-state index is 12.0. The van der Waals surface area contributed by atoms with Gasteiger partial charge in [0.15, 0.2) is 0 Å². The predicted molar refractivity (Wildman–Crippen MR) is 77.4 cm³/mol. The van der Waals surface area contributed by atoms with E-state index in [0.29, 0.717) is 24.1 Å². The summed E-state index contributed by atoms with van der Waals surface area (Å²) in [7, 11) is 1.85. The van der Waals surface area contributed by atoms with Gasteiger partial charge in [-0.3, -0.25) is 14.5 Å². The Kier molecular flexibility index (Phi) is 5.07. The third-order valence-electron chi connectivity index (χ3n) is 2.75. The second kappa shape index (κ2) is 7.22. The van der Waals surface area contributed by atoms with Crippen molar-refractivity contribution in [3.63, 3.8) is 0 Å². The van der Waals surface area contributed by atoms with Gasteiger partial charge in [0.2, 0.25) is 0 Å². The lowest BCUT2D eigenvalue weighted by Crippen LogP contribution is -2.26. The van der Waals surface area contributed by atoms with E-state index in [-0.39, 0.29) is 12.5 Å². The molecule has 21 heavy (non-hydrogen) atoms. The van der Waals surface area contributed by atoms with Crippen LogP contribution in [0.3, 0.4) is 0 Å². The highest BCUT2D eigenvalue weighted by atomic mass is 16.2. The van der Waals surface area contributed by atoms with Crippen LogP contribution in [-0.2, 0) is 13.5 Å². The zero-order valence-corrected chi connectivity index (χ0v) is 11.7. The van der Waals surface area contributed by atoms with Crippen molar-refractivity contribution in [3.05, 3.63) is 47.5 Å². The Morgan fingerprint density at radius 1 is 1.48 bits per heavy atom. The van der Waals surface area contributed by atoms with Gasteiger partial charge in [-0.15, -0.1) is 0 Å². The lowest BCUT2D eigenvalue weighted by Gasteiger charge is -2.04. The van der Waals surface area contributed by atoms with Gasteiger partial charge in [0.1, 0.15) is 6.61 Å². The molecule has 2 heterocycles. The topological polar surface area (TPSA) is 80.0 Å². The summed E-state index contributed by atoms with van der Waals surface area (Å²) in [6.07, 6.45) is 5.57. The minimum absolute atomic E-state index is 0.203. The molecular weight excluding hydrogens is 268 g/mol. The molecule has 0 saturated carbocycles. The highest BCUT2D eigenvalue weighted by Gasteiger charge is 2.06. The Balaban J connectivity index is 1.91. The fourth-order valence-electron chi connectivity index (χ4n) is 1.78. The Hall–Kier alpha value is -2.65. The molecule has 0 saturated heterocycles. The van der Waals surface area contributed by atoms with Crippen molar-refractivity contribution in [1.29, 1.82) is 0 Å². The second-order valence-electron chi connectivity index (χ2n) is 4.41. The third-order valence-corrected chi connectivity index (χ3v) is 2.75. The van der Waals surface area contributed by atoms with Gasteiger partial charge in [0, 0.05) is 44.2 Å². The van der Waals surface area contributed by atoms with E-state index in [1.165, 1.54) is 6.20 Å². The second-order valence-corrected chi connectivity index (χ2v) is 4.41. The summed E-state index contributed by atoms with van der Waals surface area (Å²) < 4.78 is 1.73. The highest BCUT2D eigenvalue weighted by molar-refractivity contribution is 5.94. The van der Waals surface area contributed by atoms with Crippen LogP contribution in [0.25, 0.3) is 0 Å². The number of amides is 1. The Morgan fingerprint density at radius 2 is 2.33 bits per heavy atom. The van der Waals surface area contributed by atoms with Crippen molar-refractivity contribution in [3.8, 4) is 11.8 Å². The van der Waals surface area contributed by atoms with Crippen molar-refractivity contribution in [2.45, 2.75) is 6.42 Å². The number of hydrogen-bond acceptors (Lipinski definition) is 4. The van der Waals surface area contributed by atoms with Crippen LogP contribution in [0, 0.1) is 11.8 Å². The maximum Gasteiger partial charge on any atom is 0.252 e. The lowest BCUT2D eigenvalue weighted by molar-refractivity contribution is 0.0953. The number of hydrogen-bond donors (Lipinski definition) is 2. The van der Waals surface area contributed by atoms with Crippen molar-refractivity contribution < 1.29 is 9.90 Å². The first kappa shape index (κ1) is 14.8. The van der Waals surface area contributed by atoms with Crippen LogP contribution in [0.1, 0.15) is 21.6 Å². The van der Waals surface area contributed by atoms with Crippen molar-refractivity contribution in [2.75, 3.05) is 13.2 Å². The molecule has 0 aliphatic carbocycles. The van der Waals surface area contributed by atoms with Crippen LogP contribution in [0.2, 0.25) is 0 Å².